The Morgan fingerprint density at radius 3 is 1.54 bits per heavy atom. The lowest BCUT2D eigenvalue weighted by atomic mass is 10.0. The lowest BCUT2D eigenvalue weighted by Crippen LogP contribution is -2.03. The molecule has 270 valence electrons. The van der Waals surface area contributed by atoms with Crippen LogP contribution in [0, 0.1) is 37.5 Å². The van der Waals surface area contributed by atoms with Crippen molar-refractivity contribution in [1.82, 2.24) is 4.98 Å². The first kappa shape index (κ1) is 39.3. The Bertz CT molecular complexity index is 2180. The zero-order valence-corrected chi connectivity index (χ0v) is 31.9. The first-order chi connectivity index (χ1) is 26.3. The number of pyridine rings is 1. The van der Waals surface area contributed by atoms with Crippen LogP contribution in [0.25, 0.3) is 11.3 Å². The Morgan fingerprint density at radius 2 is 1.09 bits per heavy atom. The minimum absolute atomic E-state index is 0.338. The molecular weight excluding hydrogens is 711 g/mol. The summed E-state index contributed by atoms with van der Waals surface area (Å²) in [6.07, 6.45) is 4.13. The molecule has 0 aliphatic carbocycles. The summed E-state index contributed by atoms with van der Waals surface area (Å²) in [6.45, 7) is 12.0. The van der Waals surface area contributed by atoms with Crippen molar-refractivity contribution in [3.8, 4) is 40.7 Å². The van der Waals surface area contributed by atoms with Gasteiger partial charge in [0.05, 0.1) is 5.69 Å². The molecule has 0 saturated heterocycles. The quantitative estimate of drug-likeness (QED) is 0.0366. The van der Waals surface area contributed by atoms with Gasteiger partial charge < -0.3 is 14.2 Å². The lowest BCUT2D eigenvalue weighted by molar-refractivity contribution is -0.138. The average molecular weight is 750 g/mol. The van der Waals surface area contributed by atoms with Crippen LogP contribution in [0.2, 0.25) is 0 Å². The van der Waals surface area contributed by atoms with Gasteiger partial charge in [0.15, 0.2) is 0 Å². The number of carbonyl (C=O) groups is 2. The second-order valence-electron chi connectivity index (χ2n) is 11.8. The molecule has 0 spiro atoms. The number of hydrogen-bond donors (Lipinski definition) is 0. The topological polar surface area (TPSA) is 74.7 Å². The number of rotatable bonds is 14. The summed E-state index contributed by atoms with van der Waals surface area (Å²) < 4.78 is 16.3. The van der Waals surface area contributed by atoms with Crippen molar-refractivity contribution in [2.24, 2.45) is 0 Å². The van der Waals surface area contributed by atoms with Crippen molar-refractivity contribution in [2.45, 2.75) is 30.2 Å². The summed E-state index contributed by atoms with van der Waals surface area (Å²) in [5, 5.41) is 0. The van der Waals surface area contributed by atoms with Crippen molar-refractivity contribution in [3.63, 3.8) is 0 Å². The summed E-state index contributed by atoms with van der Waals surface area (Å²) in [5.74, 6) is 14.3. The molecule has 5 rings (SSSR count). The van der Waals surface area contributed by atoms with E-state index in [4.69, 9.17) is 19.2 Å². The molecule has 0 atom stereocenters. The zero-order valence-electron chi connectivity index (χ0n) is 30.2. The fourth-order valence-electron chi connectivity index (χ4n) is 5.08. The third kappa shape index (κ3) is 12.3. The number of thioether (sulfide) groups is 2. The molecule has 0 radical (unpaired) electrons. The Balaban J connectivity index is 1.10. The molecule has 1 aromatic heterocycles. The number of hydrogen-bond acceptors (Lipinski definition) is 8. The van der Waals surface area contributed by atoms with Crippen molar-refractivity contribution in [3.05, 3.63) is 168 Å². The molecule has 6 nitrogen and oxygen atoms in total. The van der Waals surface area contributed by atoms with Gasteiger partial charge in [-0.15, -0.1) is 23.5 Å². The molecule has 0 amide bonds. The first-order valence-corrected chi connectivity index (χ1v) is 19.1. The van der Waals surface area contributed by atoms with Crippen LogP contribution in [0.1, 0.15) is 38.9 Å². The first-order valence-electron chi connectivity index (χ1n) is 17.2. The van der Waals surface area contributed by atoms with E-state index in [1.807, 2.05) is 84.9 Å². The van der Waals surface area contributed by atoms with Gasteiger partial charge in [-0.1, -0.05) is 49.0 Å². The van der Waals surface area contributed by atoms with E-state index in [-0.39, 0.29) is 0 Å². The Morgan fingerprint density at radius 1 is 0.648 bits per heavy atom. The lowest BCUT2D eigenvalue weighted by Gasteiger charge is -2.14. The molecule has 0 saturated carbocycles. The van der Waals surface area contributed by atoms with Gasteiger partial charge in [-0.25, -0.2) is 9.59 Å². The Labute approximate surface area is 326 Å². The Kier molecular flexibility index (Phi) is 14.8. The molecule has 5 aromatic rings. The van der Waals surface area contributed by atoms with Crippen molar-refractivity contribution in [2.75, 3.05) is 24.7 Å². The number of esters is 2. The summed E-state index contributed by atoms with van der Waals surface area (Å²) in [7, 11) is 0. The van der Waals surface area contributed by atoms with E-state index in [0.29, 0.717) is 31.3 Å². The van der Waals surface area contributed by atoms with Crippen molar-refractivity contribution < 1.29 is 23.8 Å². The predicted octanol–water partition coefficient (Wildman–Crippen LogP) is 9.39. The maximum absolute atomic E-state index is 11.1. The number of carbonyl (C=O) groups excluding carboxylic acids is 2. The molecule has 0 unspecified atom stereocenters. The minimum atomic E-state index is -0.407. The highest BCUT2D eigenvalue weighted by molar-refractivity contribution is 7.99. The van der Waals surface area contributed by atoms with Gasteiger partial charge in [0, 0.05) is 67.5 Å². The largest absolute Gasteiger partial charge is 0.488 e. The van der Waals surface area contributed by atoms with Gasteiger partial charge in [-0.2, -0.15) is 0 Å². The van der Waals surface area contributed by atoms with E-state index in [0.717, 1.165) is 65.7 Å². The second kappa shape index (κ2) is 20.3. The molecule has 4 aromatic carbocycles. The van der Waals surface area contributed by atoms with Gasteiger partial charge in [-0.3, -0.25) is 4.98 Å². The average Bonchev–Trinajstić information content (AvgIpc) is 3.20. The fraction of sp³-hybridized carbons (Fsp3) is 0.152. The van der Waals surface area contributed by atoms with Crippen LogP contribution < -0.4 is 4.74 Å². The molecule has 54 heavy (non-hydrogen) atoms. The van der Waals surface area contributed by atoms with Crippen molar-refractivity contribution >= 4 is 35.5 Å². The highest BCUT2D eigenvalue weighted by Gasteiger charge is 2.10. The van der Waals surface area contributed by atoms with Crippen LogP contribution in [0.4, 0.5) is 0 Å². The van der Waals surface area contributed by atoms with E-state index >= 15 is 0 Å². The second-order valence-corrected chi connectivity index (χ2v) is 14.2. The van der Waals surface area contributed by atoms with Gasteiger partial charge in [0.1, 0.15) is 25.6 Å². The zero-order chi connectivity index (χ0) is 38.1. The molecule has 0 N–H and O–H groups in total. The van der Waals surface area contributed by atoms with Gasteiger partial charge >= 0.3 is 11.9 Å². The van der Waals surface area contributed by atoms with E-state index in [2.05, 4.69) is 62.8 Å². The van der Waals surface area contributed by atoms with Crippen LogP contribution in [-0.4, -0.2) is 41.6 Å². The molecule has 0 aliphatic rings. The van der Waals surface area contributed by atoms with E-state index in [1.165, 1.54) is 12.2 Å². The van der Waals surface area contributed by atoms with Crippen LogP contribution in [0.15, 0.2) is 138 Å². The number of nitrogens with zero attached hydrogens (tertiary/aromatic N) is 1. The summed E-state index contributed by atoms with van der Waals surface area (Å²) in [6, 6.07) is 32.3. The van der Waals surface area contributed by atoms with Crippen LogP contribution in [-0.2, 0) is 25.7 Å². The summed E-state index contributed by atoms with van der Waals surface area (Å²) in [5.41, 5.74) is 8.62. The van der Waals surface area contributed by atoms with Gasteiger partial charge in [0.2, 0.25) is 0 Å². The van der Waals surface area contributed by atoms with E-state index < -0.39 is 11.9 Å². The van der Waals surface area contributed by atoms with E-state index in [1.54, 1.807) is 29.7 Å². The smallest absolute Gasteiger partial charge is 0.330 e. The highest BCUT2D eigenvalue weighted by Crippen LogP contribution is 2.30. The number of ether oxygens (including phenoxy) is 3. The monoisotopic (exact) mass is 749 g/mol. The SMILES string of the molecule is C=CC(=O)OCCSc1ccc(C#Cc2ccc(COc3c(C)cc(-c4ccc(C#Cc5ccc(SCCOC(=O)C=C)cc5)cn4)cc3C)cc2)cc1. The standard InChI is InChI=1S/C46H39NO5S2/c1-5-44(48)50-25-27-53-41-20-15-36(16-21-41)8-7-35-10-13-39(14-11-35)32-52-46-33(3)29-40(30-34(46)4)43-24-19-38(31-47-43)12-9-37-17-22-42(23-18-37)54-28-26-51-45(49)6-2/h5-6,10-11,13-24,29-31H,1-2,25-28,32H2,3-4H3. The summed E-state index contributed by atoms with van der Waals surface area (Å²) >= 11 is 3.23. The van der Waals surface area contributed by atoms with Gasteiger partial charge in [0.25, 0.3) is 0 Å². The normalized spacial score (nSPS) is 10.2. The maximum Gasteiger partial charge on any atom is 0.330 e. The highest BCUT2D eigenvalue weighted by atomic mass is 32.2. The molecular formula is C46H39NO5S2. The Hall–Kier alpha value is -5.93. The third-order valence-electron chi connectivity index (χ3n) is 7.79. The maximum atomic E-state index is 11.1. The molecule has 8 heteroatoms. The molecule has 0 aliphatic heterocycles. The number of benzene rings is 4. The molecule has 0 fully saturated rings. The van der Waals surface area contributed by atoms with Crippen LogP contribution in [0.5, 0.6) is 5.75 Å². The fourth-order valence-corrected chi connectivity index (χ4v) is 6.55. The van der Waals surface area contributed by atoms with Crippen molar-refractivity contribution in [1.29, 1.82) is 0 Å². The minimum Gasteiger partial charge on any atom is -0.488 e. The molecule has 0 bridgehead atoms. The molecule has 1 heterocycles. The van der Waals surface area contributed by atoms with Gasteiger partial charge in [-0.05, 0) is 115 Å². The number of aromatic nitrogens is 1. The third-order valence-corrected chi connectivity index (χ3v) is 9.75. The summed E-state index contributed by atoms with van der Waals surface area (Å²) in [4.78, 5) is 29.2. The number of aryl methyl sites for hydroxylation is 2. The van der Waals surface area contributed by atoms with E-state index in [9.17, 15) is 9.59 Å². The predicted molar refractivity (Wildman–Crippen MR) is 219 cm³/mol. The van der Waals surface area contributed by atoms with Crippen LogP contribution >= 0.6 is 23.5 Å². The van der Waals surface area contributed by atoms with Crippen LogP contribution in [0.3, 0.4) is 0 Å².